The lowest BCUT2D eigenvalue weighted by Gasteiger charge is -2.04. The number of nitrogens with zero attached hydrogens (tertiary/aromatic N) is 4. The van der Waals surface area contributed by atoms with E-state index in [1.165, 1.54) is 0 Å². The number of rotatable bonds is 5. The Kier molecular flexibility index (Phi) is 4.99. The van der Waals surface area contributed by atoms with Crippen LogP contribution in [-0.2, 0) is 0 Å². The van der Waals surface area contributed by atoms with Crippen LogP contribution in [0, 0.1) is 0 Å². The first-order valence-corrected chi connectivity index (χ1v) is 7.78. The maximum atomic E-state index is 5.45. The molecule has 0 N–H and O–H groups in total. The molecule has 0 aliphatic heterocycles. The molecule has 0 unspecified atom stereocenters. The molecule has 6 nitrogen and oxygen atoms in total. The highest BCUT2D eigenvalue weighted by Crippen LogP contribution is 2.31. The second-order valence-electron chi connectivity index (χ2n) is 5.26. The monoisotopic (exact) mass is 334 g/mol. The number of benzene rings is 2. The number of para-hydroxylation sites is 1. The molecule has 1 heterocycles. The standard InChI is InChI=1S/C19H18N4O2/c1-13(14-9-5-4-6-10-14)17(22-20-2)19-21-18(23-25-19)15-11-7-8-12-16(15)24-3/h4-12H,1-3H3/b17-13+,22-20?. The summed E-state index contributed by atoms with van der Waals surface area (Å²) in [5.74, 6) is 1.43. The Labute approximate surface area is 145 Å². The van der Waals surface area contributed by atoms with Crippen molar-refractivity contribution in [1.82, 2.24) is 10.1 Å². The molecular formula is C19H18N4O2. The lowest BCUT2D eigenvalue weighted by atomic mass is 10.1. The minimum atomic E-state index is 0.313. The lowest BCUT2D eigenvalue weighted by molar-refractivity contribution is 0.404. The van der Waals surface area contributed by atoms with E-state index in [0.29, 0.717) is 23.2 Å². The predicted molar refractivity (Wildman–Crippen MR) is 96.0 cm³/mol. The first-order valence-electron chi connectivity index (χ1n) is 7.78. The molecule has 0 aliphatic rings. The van der Waals surface area contributed by atoms with E-state index in [-0.39, 0.29) is 0 Å². The fourth-order valence-electron chi connectivity index (χ4n) is 2.46. The molecule has 0 atom stereocenters. The number of hydrogen-bond donors (Lipinski definition) is 0. The smallest absolute Gasteiger partial charge is 0.279 e. The van der Waals surface area contributed by atoms with E-state index in [2.05, 4.69) is 20.4 Å². The average Bonchev–Trinajstić information content (AvgIpc) is 3.16. The molecule has 3 aromatic rings. The molecule has 2 aromatic carbocycles. The van der Waals surface area contributed by atoms with Gasteiger partial charge in [-0.2, -0.15) is 15.2 Å². The van der Waals surface area contributed by atoms with Crippen LogP contribution in [0.5, 0.6) is 5.75 Å². The summed E-state index contributed by atoms with van der Waals surface area (Å²) in [5, 5.41) is 12.2. The molecule has 6 heteroatoms. The molecule has 126 valence electrons. The zero-order chi connectivity index (χ0) is 17.6. The molecule has 0 saturated carbocycles. The number of ether oxygens (including phenoxy) is 1. The normalized spacial score (nSPS) is 12.3. The van der Waals surface area contributed by atoms with Gasteiger partial charge >= 0.3 is 0 Å². The van der Waals surface area contributed by atoms with Crippen molar-refractivity contribution in [3.8, 4) is 17.1 Å². The van der Waals surface area contributed by atoms with Crippen LogP contribution >= 0.6 is 0 Å². The minimum absolute atomic E-state index is 0.313. The topological polar surface area (TPSA) is 72.9 Å². The molecule has 3 rings (SSSR count). The van der Waals surface area contributed by atoms with E-state index < -0.39 is 0 Å². The van der Waals surface area contributed by atoms with Crippen molar-refractivity contribution in [1.29, 1.82) is 0 Å². The van der Waals surface area contributed by atoms with Crippen molar-refractivity contribution in [2.45, 2.75) is 6.92 Å². The van der Waals surface area contributed by atoms with Crippen LogP contribution in [0.4, 0.5) is 0 Å². The SMILES string of the molecule is CN=N/C(=C(\C)c1ccccc1)c1nc(-c2ccccc2OC)no1. The third-order valence-corrected chi connectivity index (χ3v) is 3.74. The first-order chi connectivity index (χ1) is 12.2. The van der Waals surface area contributed by atoms with Crippen LogP contribution in [0.2, 0.25) is 0 Å². The molecule has 0 saturated heterocycles. The van der Waals surface area contributed by atoms with E-state index in [4.69, 9.17) is 9.26 Å². The number of hydrogen-bond acceptors (Lipinski definition) is 6. The number of aromatic nitrogens is 2. The Hall–Kier alpha value is -3.28. The average molecular weight is 334 g/mol. The van der Waals surface area contributed by atoms with Gasteiger partial charge in [0.05, 0.1) is 12.7 Å². The Balaban J connectivity index is 2.07. The van der Waals surface area contributed by atoms with Gasteiger partial charge in [-0.05, 0) is 30.2 Å². The summed E-state index contributed by atoms with van der Waals surface area (Å²) in [5.41, 5.74) is 3.22. The third-order valence-electron chi connectivity index (χ3n) is 3.74. The van der Waals surface area contributed by atoms with Gasteiger partial charge in [0.15, 0.2) is 5.70 Å². The van der Waals surface area contributed by atoms with Gasteiger partial charge in [-0.1, -0.05) is 47.6 Å². The van der Waals surface area contributed by atoms with Crippen LogP contribution in [0.25, 0.3) is 22.7 Å². The Bertz CT molecular complexity index is 914. The molecule has 25 heavy (non-hydrogen) atoms. The molecular weight excluding hydrogens is 316 g/mol. The van der Waals surface area contributed by atoms with Crippen molar-refractivity contribution in [3.63, 3.8) is 0 Å². The first kappa shape index (κ1) is 16.6. The van der Waals surface area contributed by atoms with Crippen LogP contribution in [0.1, 0.15) is 18.4 Å². The molecule has 0 spiro atoms. The van der Waals surface area contributed by atoms with E-state index in [0.717, 1.165) is 16.7 Å². The molecule has 0 aliphatic carbocycles. The zero-order valence-electron chi connectivity index (χ0n) is 14.3. The summed E-state index contributed by atoms with van der Waals surface area (Å²) in [4.78, 5) is 4.49. The fraction of sp³-hybridized carbons (Fsp3) is 0.158. The third kappa shape index (κ3) is 3.47. The molecule has 0 fully saturated rings. The second-order valence-corrected chi connectivity index (χ2v) is 5.26. The van der Waals surface area contributed by atoms with Crippen molar-refractivity contribution < 1.29 is 9.26 Å². The van der Waals surface area contributed by atoms with Gasteiger partial charge in [0.25, 0.3) is 5.89 Å². The maximum absolute atomic E-state index is 5.45. The summed E-state index contributed by atoms with van der Waals surface area (Å²) < 4.78 is 10.8. The van der Waals surface area contributed by atoms with Gasteiger partial charge in [0.1, 0.15) is 5.75 Å². The highest BCUT2D eigenvalue weighted by Gasteiger charge is 2.18. The molecule has 0 radical (unpaired) electrons. The molecule has 0 amide bonds. The largest absolute Gasteiger partial charge is 0.496 e. The van der Waals surface area contributed by atoms with Gasteiger partial charge in [-0.15, -0.1) is 0 Å². The van der Waals surface area contributed by atoms with Gasteiger partial charge in [-0.25, -0.2) is 0 Å². The number of allylic oxidation sites excluding steroid dienone is 1. The maximum Gasteiger partial charge on any atom is 0.279 e. The Morgan fingerprint density at radius 3 is 2.48 bits per heavy atom. The molecule has 0 bridgehead atoms. The second kappa shape index (κ2) is 7.53. The predicted octanol–water partition coefficient (Wildman–Crippen LogP) is 4.72. The van der Waals surface area contributed by atoms with Crippen molar-refractivity contribution >= 4 is 11.3 Å². The number of methoxy groups -OCH3 is 1. The lowest BCUT2D eigenvalue weighted by Crippen LogP contribution is -1.90. The summed E-state index contributed by atoms with van der Waals surface area (Å²) in [7, 11) is 3.21. The van der Waals surface area contributed by atoms with E-state index >= 15 is 0 Å². The zero-order valence-corrected chi connectivity index (χ0v) is 14.3. The Morgan fingerprint density at radius 1 is 1.04 bits per heavy atom. The van der Waals surface area contributed by atoms with Crippen molar-refractivity contribution in [2.24, 2.45) is 10.2 Å². The highest BCUT2D eigenvalue weighted by molar-refractivity contribution is 5.86. The minimum Gasteiger partial charge on any atom is -0.496 e. The van der Waals surface area contributed by atoms with Gasteiger partial charge in [-0.3, -0.25) is 0 Å². The number of azo groups is 1. The van der Waals surface area contributed by atoms with Gasteiger partial charge in [0, 0.05) is 7.05 Å². The fourth-order valence-corrected chi connectivity index (χ4v) is 2.46. The van der Waals surface area contributed by atoms with E-state index in [1.807, 2.05) is 61.5 Å². The van der Waals surface area contributed by atoms with Crippen molar-refractivity contribution in [3.05, 3.63) is 66.1 Å². The summed E-state index contributed by atoms with van der Waals surface area (Å²) >= 11 is 0. The summed E-state index contributed by atoms with van der Waals surface area (Å²) in [6.45, 7) is 1.95. The quantitative estimate of drug-likeness (QED) is 0.633. The highest BCUT2D eigenvalue weighted by atomic mass is 16.5. The van der Waals surface area contributed by atoms with Crippen molar-refractivity contribution in [2.75, 3.05) is 14.2 Å². The van der Waals surface area contributed by atoms with Crippen LogP contribution < -0.4 is 4.74 Å². The van der Waals surface area contributed by atoms with Crippen LogP contribution in [-0.4, -0.2) is 24.3 Å². The van der Waals surface area contributed by atoms with Gasteiger partial charge in [0.2, 0.25) is 5.82 Å². The van der Waals surface area contributed by atoms with Crippen LogP contribution in [0.15, 0.2) is 69.3 Å². The van der Waals surface area contributed by atoms with E-state index in [9.17, 15) is 0 Å². The van der Waals surface area contributed by atoms with Crippen LogP contribution in [0.3, 0.4) is 0 Å². The summed E-state index contributed by atoms with van der Waals surface area (Å²) in [6.07, 6.45) is 0. The van der Waals surface area contributed by atoms with Gasteiger partial charge < -0.3 is 9.26 Å². The Morgan fingerprint density at radius 2 is 1.76 bits per heavy atom. The van der Waals surface area contributed by atoms with E-state index in [1.54, 1.807) is 14.2 Å². The molecule has 1 aromatic heterocycles. The summed E-state index contributed by atoms with van der Waals surface area (Å²) in [6, 6.07) is 17.4.